The number of hydrogen-bond acceptors (Lipinski definition) is 4. The van der Waals surface area contributed by atoms with Crippen molar-refractivity contribution in [2.75, 3.05) is 39.0 Å². The zero-order valence-corrected chi connectivity index (χ0v) is 15.5. The molecule has 0 radical (unpaired) electrons. The summed E-state index contributed by atoms with van der Waals surface area (Å²) in [6, 6.07) is 8.14. The van der Waals surface area contributed by atoms with Gasteiger partial charge in [-0.3, -0.25) is 14.5 Å². The molecule has 25 heavy (non-hydrogen) atoms. The number of rotatable bonds is 6. The van der Waals surface area contributed by atoms with E-state index in [0.29, 0.717) is 19.1 Å². The lowest BCUT2D eigenvalue weighted by atomic mass is 10.1. The summed E-state index contributed by atoms with van der Waals surface area (Å²) < 4.78 is 0. The van der Waals surface area contributed by atoms with E-state index >= 15 is 0 Å². The highest BCUT2D eigenvalue weighted by atomic mass is 16.2. The summed E-state index contributed by atoms with van der Waals surface area (Å²) in [6.45, 7) is 4.42. The van der Waals surface area contributed by atoms with Crippen molar-refractivity contribution in [1.82, 2.24) is 15.1 Å². The predicted molar refractivity (Wildman–Crippen MR) is 100 cm³/mol. The van der Waals surface area contributed by atoms with Gasteiger partial charge in [-0.1, -0.05) is 12.1 Å². The van der Waals surface area contributed by atoms with Crippen LogP contribution in [0.25, 0.3) is 0 Å². The number of nitrogens with zero attached hydrogens (tertiary/aromatic N) is 2. The van der Waals surface area contributed by atoms with Gasteiger partial charge in [0.1, 0.15) is 0 Å². The van der Waals surface area contributed by atoms with Gasteiger partial charge in [0.2, 0.25) is 11.8 Å². The molecule has 1 aliphatic rings. The van der Waals surface area contributed by atoms with Crippen molar-refractivity contribution in [3.05, 3.63) is 29.8 Å². The maximum atomic E-state index is 12.2. The predicted octanol–water partition coefficient (Wildman–Crippen LogP) is 1.68. The van der Waals surface area contributed by atoms with E-state index in [2.05, 4.69) is 34.5 Å². The summed E-state index contributed by atoms with van der Waals surface area (Å²) in [4.78, 5) is 27.7. The minimum atomic E-state index is -0.0880. The Balaban J connectivity index is 1.74. The normalized spacial score (nSPS) is 18.6. The van der Waals surface area contributed by atoms with Gasteiger partial charge in [0.15, 0.2) is 0 Å². The Bertz CT molecular complexity index is 571. The van der Waals surface area contributed by atoms with E-state index in [1.54, 1.807) is 0 Å². The highest BCUT2D eigenvalue weighted by Gasteiger charge is 2.19. The molecule has 2 amide bonds. The molecular weight excluding hydrogens is 316 g/mol. The minimum absolute atomic E-state index is 0.0641. The molecule has 1 aromatic carbocycles. The number of nitrogens with one attached hydrogen (secondary N) is 2. The van der Waals surface area contributed by atoms with Crippen LogP contribution in [0.2, 0.25) is 0 Å². The standard InChI is InChI=1S/C19H30N4O2/c1-15(24)21-17-8-6-16(7-9-17)13-20-19(25)14-23-11-4-5-18(10-12-23)22(2)3/h6-9,18H,4-5,10-14H2,1-3H3,(H,20,25)(H,21,24)/t18-/m1/s1. The van der Waals surface area contributed by atoms with Gasteiger partial charge < -0.3 is 15.5 Å². The molecule has 0 aromatic heterocycles. The Kier molecular flexibility index (Phi) is 7.40. The Morgan fingerprint density at radius 2 is 1.88 bits per heavy atom. The SMILES string of the molecule is CC(=O)Nc1ccc(CNC(=O)CN2CCC[C@@H](N(C)C)CC2)cc1. The van der Waals surface area contributed by atoms with Gasteiger partial charge in [-0.2, -0.15) is 0 Å². The molecule has 1 aromatic rings. The van der Waals surface area contributed by atoms with Crippen molar-refractivity contribution < 1.29 is 9.59 Å². The fourth-order valence-electron chi connectivity index (χ4n) is 3.18. The number of anilines is 1. The van der Waals surface area contributed by atoms with Crippen LogP contribution in [-0.2, 0) is 16.1 Å². The van der Waals surface area contributed by atoms with Gasteiger partial charge in [-0.15, -0.1) is 0 Å². The second kappa shape index (κ2) is 9.53. The highest BCUT2D eigenvalue weighted by Crippen LogP contribution is 2.14. The maximum Gasteiger partial charge on any atom is 0.234 e. The summed E-state index contributed by atoms with van der Waals surface area (Å²) in [5, 5.41) is 5.71. The lowest BCUT2D eigenvalue weighted by molar-refractivity contribution is -0.122. The van der Waals surface area contributed by atoms with Gasteiger partial charge in [-0.25, -0.2) is 0 Å². The summed E-state index contributed by atoms with van der Waals surface area (Å²) in [7, 11) is 4.26. The number of amides is 2. The first-order chi connectivity index (χ1) is 11.9. The van der Waals surface area contributed by atoms with Crippen molar-refractivity contribution in [1.29, 1.82) is 0 Å². The van der Waals surface area contributed by atoms with E-state index in [0.717, 1.165) is 37.2 Å². The van der Waals surface area contributed by atoms with Crippen molar-refractivity contribution >= 4 is 17.5 Å². The Morgan fingerprint density at radius 3 is 2.52 bits per heavy atom. The fraction of sp³-hybridized carbons (Fsp3) is 0.579. The maximum absolute atomic E-state index is 12.2. The van der Waals surface area contributed by atoms with E-state index in [-0.39, 0.29) is 11.8 Å². The number of carbonyl (C=O) groups excluding carboxylic acids is 2. The minimum Gasteiger partial charge on any atom is -0.351 e. The lowest BCUT2D eigenvalue weighted by Gasteiger charge is -2.23. The van der Waals surface area contributed by atoms with E-state index in [9.17, 15) is 9.59 Å². The fourth-order valence-corrected chi connectivity index (χ4v) is 3.18. The van der Waals surface area contributed by atoms with Crippen molar-refractivity contribution in [3.63, 3.8) is 0 Å². The molecule has 1 atom stereocenters. The van der Waals surface area contributed by atoms with Crippen molar-refractivity contribution in [3.8, 4) is 0 Å². The molecular formula is C19H30N4O2. The third-order valence-electron chi connectivity index (χ3n) is 4.65. The van der Waals surface area contributed by atoms with Crippen LogP contribution >= 0.6 is 0 Å². The molecule has 1 heterocycles. The summed E-state index contributed by atoms with van der Waals surface area (Å²) in [5.41, 5.74) is 1.79. The highest BCUT2D eigenvalue weighted by molar-refractivity contribution is 5.88. The molecule has 0 aliphatic carbocycles. The van der Waals surface area contributed by atoms with Crippen LogP contribution in [0.5, 0.6) is 0 Å². The molecule has 2 rings (SSSR count). The van der Waals surface area contributed by atoms with Gasteiger partial charge in [0.05, 0.1) is 6.54 Å². The van der Waals surface area contributed by atoms with Gasteiger partial charge in [0, 0.05) is 31.7 Å². The Hall–Kier alpha value is -1.92. The zero-order valence-electron chi connectivity index (χ0n) is 15.5. The Labute approximate surface area is 150 Å². The molecule has 0 spiro atoms. The van der Waals surface area contributed by atoms with Crippen LogP contribution in [0.3, 0.4) is 0 Å². The second-order valence-corrected chi connectivity index (χ2v) is 6.98. The summed E-state index contributed by atoms with van der Waals surface area (Å²) >= 11 is 0. The molecule has 0 unspecified atom stereocenters. The lowest BCUT2D eigenvalue weighted by Crippen LogP contribution is -2.38. The van der Waals surface area contributed by atoms with Crippen LogP contribution in [-0.4, -0.2) is 61.4 Å². The van der Waals surface area contributed by atoms with Crippen molar-refractivity contribution in [2.45, 2.75) is 38.8 Å². The van der Waals surface area contributed by atoms with E-state index in [4.69, 9.17) is 0 Å². The molecule has 138 valence electrons. The van der Waals surface area contributed by atoms with E-state index in [1.165, 1.54) is 13.3 Å². The first-order valence-electron chi connectivity index (χ1n) is 8.96. The van der Waals surface area contributed by atoms with Crippen LogP contribution in [0, 0.1) is 0 Å². The smallest absolute Gasteiger partial charge is 0.234 e. The second-order valence-electron chi connectivity index (χ2n) is 6.98. The number of likely N-dealkylation sites (tertiary alicyclic amines) is 1. The van der Waals surface area contributed by atoms with Crippen LogP contribution in [0.1, 0.15) is 31.7 Å². The molecule has 6 heteroatoms. The first kappa shape index (κ1) is 19.4. The summed E-state index contributed by atoms with van der Waals surface area (Å²) in [6.07, 6.45) is 3.46. The molecule has 0 saturated carbocycles. The number of benzene rings is 1. The van der Waals surface area contributed by atoms with Crippen LogP contribution < -0.4 is 10.6 Å². The molecule has 6 nitrogen and oxygen atoms in total. The average Bonchev–Trinajstić information content (AvgIpc) is 2.79. The number of hydrogen-bond donors (Lipinski definition) is 2. The molecule has 1 aliphatic heterocycles. The quantitative estimate of drug-likeness (QED) is 0.823. The topological polar surface area (TPSA) is 64.7 Å². The molecule has 2 N–H and O–H groups in total. The molecule has 0 bridgehead atoms. The van der Waals surface area contributed by atoms with Gasteiger partial charge in [0.25, 0.3) is 0 Å². The van der Waals surface area contributed by atoms with Crippen LogP contribution in [0.4, 0.5) is 5.69 Å². The van der Waals surface area contributed by atoms with E-state index in [1.807, 2.05) is 24.3 Å². The van der Waals surface area contributed by atoms with E-state index < -0.39 is 0 Å². The molecule has 1 saturated heterocycles. The van der Waals surface area contributed by atoms with Crippen LogP contribution in [0.15, 0.2) is 24.3 Å². The van der Waals surface area contributed by atoms with Gasteiger partial charge >= 0.3 is 0 Å². The zero-order chi connectivity index (χ0) is 18.2. The largest absolute Gasteiger partial charge is 0.351 e. The molecule has 1 fully saturated rings. The number of carbonyl (C=O) groups is 2. The van der Waals surface area contributed by atoms with Crippen molar-refractivity contribution in [2.24, 2.45) is 0 Å². The Morgan fingerprint density at radius 1 is 1.16 bits per heavy atom. The van der Waals surface area contributed by atoms with Gasteiger partial charge in [-0.05, 0) is 57.6 Å². The third kappa shape index (κ3) is 6.84. The third-order valence-corrected chi connectivity index (χ3v) is 4.65. The average molecular weight is 346 g/mol. The summed E-state index contributed by atoms with van der Waals surface area (Å²) in [5.74, 6) is -0.0238. The monoisotopic (exact) mass is 346 g/mol. The first-order valence-corrected chi connectivity index (χ1v) is 8.96.